The van der Waals surface area contributed by atoms with Gasteiger partial charge in [-0.2, -0.15) is 5.10 Å². The Morgan fingerprint density at radius 3 is 3.00 bits per heavy atom. The Balaban J connectivity index is 2.08. The van der Waals surface area contributed by atoms with Crippen LogP contribution in [0.15, 0.2) is 12.4 Å². The van der Waals surface area contributed by atoms with Gasteiger partial charge in [0.2, 0.25) is 0 Å². The predicted molar refractivity (Wildman–Crippen MR) is 49.4 cm³/mol. The lowest BCUT2D eigenvalue weighted by Crippen LogP contribution is -2.29. The molecule has 0 radical (unpaired) electrons. The van der Waals surface area contributed by atoms with Gasteiger partial charge in [-0.25, -0.2) is 0 Å². The highest BCUT2D eigenvalue weighted by Crippen LogP contribution is 2.27. The lowest BCUT2D eigenvalue weighted by molar-refractivity contribution is 0.299. The highest BCUT2D eigenvalue weighted by molar-refractivity contribution is 5.09. The van der Waals surface area contributed by atoms with Crippen LogP contribution in [0.2, 0.25) is 0 Å². The largest absolute Gasteiger partial charge is 0.505 e. The SMILES string of the molecule is NC1CCCC(n2cc(O)cn2)C1. The van der Waals surface area contributed by atoms with E-state index < -0.39 is 0 Å². The first-order valence-corrected chi connectivity index (χ1v) is 4.74. The van der Waals surface area contributed by atoms with E-state index in [9.17, 15) is 0 Å². The number of nitrogens with zero attached hydrogens (tertiary/aromatic N) is 2. The molecule has 1 aliphatic carbocycles. The number of nitrogens with two attached hydrogens (primary N) is 1. The van der Waals surface area contributed by atoms with E-state index in [0.29, 0.717) is 12.1 Å². The van der Waals surface area contributed by atoms with Gasteiger partial charge >= 0.3 is 0 Å². The molecule has 1 aromatic heterocycles. The summed E-state index contributed by atoms with van der Waals surface area (Å²) in [6.45, 7) is 0. The number of rotatable bonds is 1. The summed E-state index contributed by atoms with van der Waals surface area (Å²) in [5, 5.41) is 13.2. The Morgan fingerprint density at radius 1 is 1.54 bits per heavy atom. The minimum absolute atomic E-state index is 0.235. The Hall–Kier alpha value is -1.03. The fraction of sp³-hybridized carbons (Fsp3) is 0.667. The zero-order chi connectivity index (χ0) is 9.26. The third-order valence-electron chi connectivity index (χ3n) is 2.65. The molecule has 2 rings (SSSR count). The van der Waals surface area contributed by atoms with Crippen LogP contribution in [0.1, 0.15) is 31.7 Å². The van der Waals surface area contributed by atoms with Gasteiger partial charge in [0.05, 0.1) is 18.4 Å². The van der Waals surface area contributed by atoms with Crippen LogP contribution < -0.4 is 5.73 Å². The molecule has 0 saturated heterocycles. The van der Waals surface area contributed by atoms with Crippen LogP contribution in [-0.2, 0) is 0 Å². The molecule has 13 heavy (non-hydrogen) atoms. The first-order valence-electron chi connectivity index (χ1n) is 4.74. The first kappa shape index (κ1) is 8.56. The molecule has 2 atom stereocenters. The molecule has 3 N–H and O–H groups in total. The molecule has 1 heterocycles. The van der Waals surface area contributed by atoms with Crippen molar-refractivity contribution in [3.05, 3.63) is 12.4 Å². The van der Waals surface area contributed by atoms with Gasteiger partial charge in [-0.05, 0) is 25.7 Å². The Bertz CT molecular complexity index is 284. The normalized spacial score (nSPS) is 29.0. The fourth-order valence-corrected chi connectivity index (χ4v) is 1.97. The summed E-state index contributed by atoms with van der Waals surface area (Å²) in [5.41, 5.74) is 5.87. The second-order valence-electron chi connectivity index (χ2n) is 3.76. The van der Waals surface area contributed by atoms with Gasteiger partial charge in [0.15, 0.2) is 5.75 Å². The van der Waals surface area contributed by atoms with Crippen LogP contribution >= 0.6 is 0 Å². The molecule has 4 heteroatoms. The number of hydrogen-bond donors (Lipinski definition) is 2. The Labute approximate surface area is 77.4 Å². The van der Waals surface area contributed by atoms with E-state index in [-0.39, 0.29) is 5.75 Å². The summed E-state index contributed by atoms with van der Waals surface area (Å²) in [5.74, 6) is 0.235. The molecule has 1 fully saturated rings. The first-order chi connectivity index (χ1) is 6.25. The summed E-state index contributed by atoms with van der Waals surface area (Å²) < 4.78 is 1.83. The molecule has 0 amide bonds. The van der Waals surface area contributed by atoms with Gasteiger partial charge in [-0.15, -0.1) is 0 Å². The van der Waals surface area contributed by atoms with Crippen LogP contribution in [0, 0.1) is 0 Å². The molecule has 0 bridgehead atoms. The Kier molecular flexibility index (Phi) is 2.22. The van der Waals surface area contributed by atoms with E-state index >= 15 is 0 Å². The summed E-state index contributed by atoms with van der Waals surface area (Å²) >= 11 is 0. The third-order valence-corrected chi connectivity index (χ3v) is 2.65. The van der Waals surface area contributed by atoms with Gasteiger partial charge in [0.1, 0.15) is 0 Å². The molecule has 0 spiro atoms. The minimum atomic E-state index is 0.235. The summed E-state index contributed by atoms with van der Waals surface area (Å²) in [6, 6.07) is 0.676. The summed E-state index contributed by atoms with van der Waals surface area (Å²) in [6.07, 6.45) is 7.51. The summed E-state index contributed by atoms with van der Waals surface area (Å²) in [4.78, 5) is 0. The molecule has 1 aliphatic rings. The maximum absolute atomic E-state index is 9.14. The van der Waals surface area contributed by atoms with Gasteiger partial charge in [0.25, 0.3) is 0 Å². The maximum Gasteiger partial charge on any atom is 0.153 e. The second kappa shape index (κ2) is 3.38. The van der Waals surface area contributed by atoms with Crippen molar-refractivity contribution in [2.24, 2.45) is 5.73 Å². The zero-order valence-corrected chi connectivity index (χ0v) is 7.56. The predicted octanol–water partition coefficient (Wildman–Crippen LogP) is 1.03. The zero-order valence-electron chi connectivity index (χ0n) is 7.56. The fourth-order valence-electron chi connectivity index (χ4n) is 1.97. The Morgan fingerprint density at radius 2 is 2.38 bits per heavy atom. The molecule has 1 saturated carbocycles. The van der Waals surface area contributed by atoms with Crippen LogP contribution in [-0.4, -0.2) is 20.9 Å². The van der Waals surface area contributed by atoms with Gasteiger partial charge in [-0.1, -0.05) is 0 Å². The molecule has 1 aromatic rings. The smallest absolute Gasteiger partial charge is 0.153 e. The van der Waals surface area contributed by atoms with Crippen molar-refractivity contribution in [3.8, 4) is 5.75 Å². The van der Waals surface area contributed by atoms with Crippen molar-refractivity contribution in [1.29, 1.82) is 0 Å². The van der Waals surface area contributed by atoms with Crippen molar-refractivity contribution in [3.63, 3.8) is 0 Å². The maximum atomic E-state index is 9.14. The van der Waals surface area contributed by atoms with E-state index in [2.05, 4.69) is 5.10 Å². The molecule has 4 nitrogen and oxygen atoms in total. The highest BCUT2D eigenvalue weighted by Gasteiger charge is 2.20. The molecule has 0 aliphatic heterocycles. The molecular weight excluding hydrogens is 166 g/mol. The standard InChI is InChI=1S/C9H15N3O/c10-7-2-1-3-8(4-7)12-6-9(13)5-11-12/h5-8,13H,1-4,10H2. The van der Waals surface area contributed by atoms with E-state index in [1.807, 2.05) is 4.68 Å². The topological polar surface area (TPSA) is 64.1 Å². The molecule has 72 valence electrons. The van der Waals surface area contributed by atoms with Crippen LogP contribution in [0.25, 0.3) is 0 Å². The third kappa shape index (κ3) is 1.83. The van der Waals surface area contributed by atoms with Crippen molar-refractivity contribution in [2.75, 3.05) is 0 Å². The van der Waals surface area contributed by atoms with Crippen LogP contribution in [0.5, 0.6) is 5.75 Å². The molecule has 2 unspecified atom stereocenters. The summed E-state index contributed by atoms with van der Waals surface area (Å²) in [7, 11) is 0. The second-order valence-corrected chi connectivity index (χ2v) is 3.76. The van der Waals surface area contributed by atoms with E-state index in [1.165, 1.54) is 6.20 Å². The van der Waals surface area contributed by atoms with Crippen molar-refractivity contribution < 1.29 is 5.11 Å². The van der Waals surface area contributed by atoms with Gasteiger partial charge in [-0.3, -0.25) is 4.68 Å². The van der Waals surface area contributed by atoms with Gasteiger partial charge in [0, 0.05) is 6.04 Å². The average Bonchev–Trinajstić information content (AvgIpc) is 2.52. The average molecular weight is 181 g/mol. The van der Waals surface area contributed by atoms with Crippen molar-refractivity contribution in [2.45, 2.75) is 37.8 Å². The number of aromatic hydroxyl groups is 1. The van der Waals surface area contributed by atoms with Crippen LogP contribution in [0.4, 0.5) is 0 Å². The van der Waals surface area contributed by atoms with E-state index in [1.54, 1.807) is 6.20 Å². The molecular formula is C9H15N3O. The quantitative estimate of drug-likeness (QED) is 0.680. The molecule has 0 aromatic carbocycles. The van der Waals surface area contributed by atoms with E-state index in [0.717, 1.165) is 25.7 Å². The van der Waals surface area contributed by atoms with Crippen molar-refractivity contribution in [1.82, 2.24) is 9.78 Å². The van der Waals surface area contributed by atoms with Crippen LogP contribution in [0.3, 0.4) is 0 Å². The number of hydrogen-bond acceptors (Lipinski definition) is 3. The van der Waals surface area contributed by atoms with E-state index in [4.69, 9.17) is 10.8 Å². The van der Waals surface area contributed by atoms with Crippen molar-refractivity contribution >= 4 is 0 Å². The monoisotopic (exact) mass is 181 g/mol. The lowest BCUT2D eigenvalue weighted by Gasteiger charge is -2.26. The van der Waals surface area contributed by atoms with Gasteiger partial charge < -0.3 is 10.8 Å². The minimum Gasteiger partial charge on any atom is -0.505 e. The number of aromatic nitrogens is 2. The highest BCUT2D eigenvalue weighted by atomic mass is 16.3. The lowest BCUT2D eigenvalue weighted by atomic mass is 9.92.